The number of hydrogen-bond acceptors (Lipinski definition) is 2. The SMILES string of the molecule is c1ccc(-c2ccc(N3c4ccc([Si](c5ccccc5)(c5ccccc5)c5ccccc5)cc4B4c5cccc(-c6ccccc6)c5N(c5ccc([Si](c6ccccc6)(c6ccccc6)c6ccccc6)cc5)c5cc(-n6c7ccccc7c7ccccc76)cc3c54)cc2)cc1. The number of anilines is 6. The standard InChI is InChI=1S/C90H64BN3Si2/c1-9-30-65(31-10-1)66-52-54-68(55-53-66)92-86-61-60-78(96(74-40-19-6-20-41-74,75-42-21-7-22-43-75)76-44-23-8-24-45-76)64-83(86)91-82-49-29-48-79(67-32-11-2-12-33-67)90(82)94(88-63-70(62-87(92)89(88)91)93-84-50-27-25-46-80(84)81-47-26-28-51-85(81)93)69-56-58-77(59-57-69)95(71-34-13-3-14-35-71,72-36-15-4-16-37-72)73-38-17-5-18-39-73/h1-64H. The average Bonchev–Trinajstić information content (AvgIpc) is 0.763. The van der Waals surface area contributed by atoms with E-state index in [-0.39, 0.29) is 6.71 Å². The summed E-state index contributed by atoms with van der Waals surface area (Å²) < 4.78 is 2.52. The third-order valence-corrected chi connectivity index (χ3v) is 30.0. The maximum absolute atomic E-state index is 3.08. The van der Waals surface area contributed by atoms with Crippen LogP contribution in [0.3, 0.4) is 0 Å². The van der Waals surface area contributed by atoms with Gasteiger partial charge in [0, 0.05) is 50.5 Å². The van der Waals surface area contributed by atoms with Gasteiger partial charge in [0.2, 0.25) is 0 Å². The topological polar surface area (TPSA) is 11.4 Å². The lowest BCUT2D eigenvalue weighted by molar-refractivity contribution is 1.16. The first kappa shape index (κ1) is 56.9. The zero-order chi connectivity index (χ0) is 63.6. The molecule has 0 aliphatic carbocycles. The van der Waals surface area contributed by atoms with Gasteiger partial charge in [-0.1, -0.05) is 334 Å². The molecule has 16 aromatic rings. The van der Waals surface area contributed by atoms with E-state index in [9.17, 15) is 0 Å². The molecule has 0 saturated heterocycles. The van der Waals surface area contributed by atoms with Crippen LogP contribution in [0, 0.1) is 0 Å². The zero-order valence-corrected chi connectivity index (χ0v) is 54.9. The van der Waals surface area contributed by atoms with E-state index in [1.54, 1.807) is 0 Å². The summed E-state index contributed by atoms with van der Waals surface area (Å²) in [5.74, 6) is 0. The van der Waals surface area contributed by atoms with Crippen molar-refractivity contribution in [3.05, 3.63) is 388 Å². The van der Waals surface area contributed by atoms with Crippen molar-refractivity contribution in [1.82, 2.24) is 4.57 Å². The average molecular weight is 1250 g/mol. The predicted molar refractivity (Wildman–Crippen MR) is 413 cm³/mol. The Kier molecular flexibility index (Phi) is 14.0. The highest BCUT2D eigenvalue weighted by Gasteiger charge is 2.48. The van der Waals surface area contributed by atoms with E-state index in [0.717, 1.165) is 50.7 Å². The van der Waals surface area contributed by atoms with Crippen molar-refractivity contribution in [2.24, 2.45) is 0 Å². The van der Waals surface area contributed by atoms with Crippen molar-refractivity contribution in [1.29, 1.82) is 0 Å². The van der Waals surface area contributed by atoms with E-state index in [4.69, 9.17) is 0 Å². The summed E-state index contributed by atoms with van der Waals surface area (Å²) in [4.78, 5) is 5.25. The predicted octanol–water partition coefficient (Wildman–Crippen LogP) is 15.0. The van der Waals surface area contributed by atoms with Gasteiger partial charge in [-0.3, -0.25) is 0 Å². The largest absolute Gasteiger partial charge is 0.311 e. The second-order valence-electron chi connectivity index (χ2n) is 25.4. The van der Waals surface area contributed by atoms with Crippen LogP contribution in [0.2, 0.25) is 0 Å². The highest BCUT2D eigenvalue weighted by atomic mass is 28.3. The number of rotatable bonds is 13. The highest BCUT2D eigenvalue weighted by Crippen LogP contribution is 2.49. The van der Waals surface area contributed by atoms with Crippen molar-refractivity contribution in [3.63, 3.8) is 0 Å². The Bertz CT molecular complexity index is 5260. The molecule has 0 spiro atoms. The van der Waals surface area contributed by atoms with Crippen molar-refractivity contribution in [2.45, 2.75) is 0 Å². The first-order chi connectivity index (χ1) is 47.7. The van der Waals surface area contributed by atoms with Crippen LogP contribution >= 0.6 is 0 Å². The third-order valence-electron chi connectivity index (χ3n) is 20.5. The van der Waals surface area contributed by atoms with Crippen LogP contribution in [0.5, 0.6) is 0 Å². The quantitative estimate of drug-likeness (QED) is 0.0842. The number of aromatic nitrogens is 1. The lowest BCUT2D eigenvalue weighted by atomic mass is 9.33. The van der Waals surface area contributed by atoms with Crippen LogP contribution in [0.4, 0.5) is 34.1 Å². The molecule has 0 radical (unpaired) electrons. The Labute approximate surface area is 563 Å². The summed E-state index contributed by atoms with van der Waals surface area (Å²) in [7, 11) is -6.00. The summed E-state index contributed by atoms with van der Waals surface area (Å²) in [6, 6.07) is 147. The number of nitrogens with zero attached hydrogens (tertiary/aromatic N) is 3. The molecule has 0 fully saturated rings. The van der Waals surface area contributed by atoms with Crippen molar-refractivity contribution >= 4 is 137 Å². The van der Waals surface area contributed by atoms with Gasteiger partial charge in [-0.25, -0.2) is 0 Å². The minimum absolute atomic E-state index is 0.213. The summed E-state index contributed by atoms with van der Waals surface area (Å²) in [6.07, 6.45) is 0. The Hall–Kier alpha value is -11.8. The highest BCUT2D eigenvalue weighted by molar-refractivity contribution is 7.20. The minimum atomic E-state index is -3.08. The van der Waals surface area contributed by atoms with Crippen LogP contribution in [-0.2, 0) is 0 Å². The summed E-state index contributed by atoms with van der Waals surface area (Å²) in [5, 5.41) is 13.1. The molecule has 0 amide bonds. The molecule has 0 unspecified atom stereocenters. The van der Waals surface area contributed by atoms with Gasteiger partial charge >= 0.3 is 0 Å². The van der Waals surface area contributed by atoms with Gasteiger partial charge in [0.15, 0.2) is 16.1 Å². The van der Waals surface area contributed by atoms with E-state index in [1.807, 2.05) is 0 Å². The van der Waals surface area contributed by atoms with Gasteiger partial charge in [0.1, 0.15) is 0 Å². The third kappa shape index (κ3) is 9.01. The van der Waals surface area contributed by atoms with E-state index in [2.05, 4.69) is 403 Å². The molecule has 0 saturated carbocycles. The molecule has 0 N–H and O–H groups in total. The van der Waals surface area contributed by atoms with Crippen LogP contribution < -0.4 is 67.7 Å². The fourth-order valence-corrected chi connectivity index (χ4v) is 25.9. The molecule has 2 aliphatic heterocycles. The Morgan fingerprint density at radius 1 is 0.229 bits per heavy atom. The summed E-state index contributed by atoms with van der Waals surface area (Å²) >= 11 is 0. The van der Waals surface area contributed by atoms with Gasteiger partial charge in [-0.05, 0) is 129 Å². The Morgan fingerprint density at radius 2 is 0.594 bits per heavy atom. The van der Waals surface area contributed by atoms with E-state index < -0.39 is 16.1 Å². The van der Waals surface area contributed by atoms with Gasteiger partial charge in [0.25, 0.3) is 6.71 Å². The molecular formula is C90H64BN3Si2. The molecule has 2 aliphatic rings. The van der Waals surface area contributed by atoms with E-state index in [1.165, 1.54) is 91.0 Å². The van der Waals surface area contributed by atoms with Gasteiger partial charge in [-0.2, -0.15) is 0 Å². The van der Waals surface area contributed by atoms with Crippen LogP contribution in [0.15, 0.2) is 388 Å². The molecule has 15 aromatic carbocycles. The van der Waals surface area contributed by atoms with Crippen molar-refractivity contribution in [2.75, 3.05) is 9.80 Å². The fraction of sp³-hybridized carbons (Fsp3) is 0. The second-order valence-corrected chi connectivity index (χ2v) is 33.0. The molecule has 1 aromatic heterocycles. The number of fused-ring (bicyclic) bond motifs is 7. The lowest BCUT2D eigenvalue weighted by Gasteiger charge is -2.46. The van der Waals surface area contributed by atoms with Gasteiger partial charge < -0.3 is 14.4 Å². The lowest BCUT2D eigenvalue weighted by Crippen LogP contribution is -2.75. The molecule has 6 heteroatoms. The molecule has 18 rings (SSSR count). The molecule has 3 heterocycles. The maximum Gasteiger partial charge on any atom is 0.252 e. The fourth-order valence-electron chi connectivity index (χ4n) is 16.4. The molecule has 3 nitrogen and oxygen atoms in total. The van der Waals surface area contributed by atoms with E-state index in [0.29, 0.717) is 0 Å². The smallest absolute Gasteiger partial charge is 0.252 e. The summed E-state index contributed by atoms with van der Waals surface area (Å²) in [6.45, 7) is -0.213. The van der Waals surface area contributed by atoms with Crippen LogP contribution in [0.25, 0.3) is 49.7 Å². The molecule has 450 valence electrons. The molecule has 0 atom stereocenters. The molecular weight excluding hydrogens is 1190 g/mol. The summed E-state index contributed by atoms with van der Waals surface area (Å²) in [5.41, 5.74) is 18.7. The van der Waals surface area contributed by atoms with Crippen LogP contribution in [-0.4, -0.2) is 27.4 Å². The maximum atomic E-state index is 2.66. The Morgan fingerprint density at radius 3 is 1.07 bits per heavy atom. The number of hydrogen-bond donors (Lipinski definition) is 0. The monoisotopic (exact) mass is 1250 g/mol. The number of benzene rings is 15. The van der Waals surface area contributed by atoms with Crippen molar-refractivity contribution in [3.8, 4) is 27.9 Å². The normalized spacial score (nSPS) is 12.5. The van der Waals surface area contributed by atoms with E-state index >= 15 is 0 Å². The Balaban J connectivity index is 0.968. The first-order valence-electron chi connectivity index (χ1n) is 33.3. The first-order valence-corrected chi connectivity index (χ1v) is 37.3. The van der Waals surface area contributed by atoms with Crippen LogP contribution in [0.1, 0.15) is 0 Å². The second kappa shape index (κ2) is 23.6. The zero-order valence-electron chi connectivity index (χ0n) is 52.9. The minimum Gasteiger partial charge on any atom is -0.311 e. The number of para-hydroxylation sites is 3. The van der Waals surface area contributed by atoms with Gasteiger partial charge in [0.05, 0.1) is 16.7 Å². The molecule has 96 heavy (non-hydrogen) atoms. The molecule has 0 bridgehead atoms. The van der Waals surface area contributed by atoms with Crippen molar-refractivity contribution < 1.29 is 0 Å². The van der Waals surface area contributed by atoms with Gasteiger partial charge in [-0.15, -0.1) is 0 Å².